The Morgan fingerprint density at radius 1 is 1.89 bits per heavy atom. The van der Waals surface area contributed by atoms with E-state index in [9.17, 15) is 9.18 Å². The van der Waals surface area contributed by atoms with Crippen LogP contribution in [-0.2, 0) is 9.53 Å². The predicted molar refractivity (Wildman–Crippen MR) is 28.6 cm³/mol. The number of alkyl halides is 1. The molecule has 0 bridgehead atoms. The summed E-state index contributed by atoms with van der Waals surface area (Å²) in [5.74, 6) is -0.512. The quantitative estimate of drug-likeness (QED) is 0.550. The van der Waals surface area contributed by atoms with E-state index in [0.717, 1.165) is 0 Å². The van der Waals surface area contributed by atoms with Crippen LogP contribution in [0.4, 0.5) is 4.39 Å². The number of carbonyl (C=O) groups is 1. The van der Waals surface area contributed by atoms with E-state index in [0.29, 0.717) is 0 Å². The molecule has 0 amide bonds. The molecule has 0 radical (unpaired) electrons. The van der Waals surface area contributed by atoms with Gasteiger partial charge < -0.3 is 9.84 Å². The van der Waals surface area contributed by atoms with Gasteiger partial charge in [0, 0.05) is 6.92 Å². The Morgan fingerprint density at radius 3 is 2.78 bits per heavy atom. The number of ether oxygens (including phenoxy) is 1. The maximum absolute atomic E-state index is 11.4. The average molecular weight is 136 g/mol. The summed E-state index contributed by atoms with van der Waals surface area (Å²) in [7, 11) is 0. The molecule has 9 heavy (non-hydrogen) atoms. The molecule has 0 saturated heterocycles. The molecule has 0 aliphatic carbocycles. The molecular weight excluding hydrogens is 127 g/mol. The summed E-state index contributed by atoms with van der Waals surface area (Å²) in [5.41, 5.74) is 0. The number of esters is 1. The molecule has 1 unspecified atom stereocenters. The molecule has 0 saturated carbocycles. The van der Waals surface area contributed by atoms with Crippen molar-refractivity contribution in [2.75, 3.05) is 13.3 Å². The minimum atomic E-state index is -1.17. The van der Waals surface area contributed by atoms with E-state index in [1.54, 1.807) is 0 Å². The van der Waals surface area contributed by atoms with Gasteiger partial charge in [0.05, 0.1) is 0 Å². The lowest BCUT2D eigenvalue weighted by atomic mass is 10.4. The maximum Gasteiger partial charge on any atom is 0.302 e. The highest BCUT2D eigenvalue weighted by Gasteiger charge is 2.03. The molecule has 0 heterocycles. The first-order chi connectivity index (χ1) is 4.16. The summed E-state index contributed by atoms with van der Waals surface area (Å²) in [5, 5.41) is 8.45. The van der Waals surface area contributed by atoms with Crippen molar-refractivity contribution in [2.45, 2.75) is 13.0 Å². The first-order valence-corrected chi connectivity index (χ1v) is 2.54. The van der Waals surface area contributed by atoms with Crippen LogP contribution in [-0.4, -0.2) is 30.5 Å². The van der Waals surface area contributed by atoms with Crippen LogP contribution in [0.15, 0.2) is 0 Å². The summed E-state index contributed by atoms with van der Waals surface area (Å²) in [6.07, 6.45) is -1.17. The predicted octanol–water partition coefficient (Wildman–Crippen LogP) is -0.120. The standard InChI is InChI=1S/C5H9FO3/c1-4(7)9-3-5(8)2-6/h5,8H,2-3H2,1H3. The van der Waals surface area contributed by atoms with Crippen LogP contribution in [0.5, 0.6) is 0 Å². The van der Waals surface area contributed by atoms with Crippen LogP contribution < -0.4 is 0 Å². The van der Waals surface area contributed by atoms with Gasteiger partial charge in [-0.25, -0.2) is 4.39 Å². The van der Waals surface area contributed by atoms with Crippen molar-refractivity contribution in [3.8, 4) is 0 Å². The highest BCUT2D eigenvalue weighted by atomic mass is 19.1. The zero-order valence-electron chi connectivity index (χ0n) is 5.13. The molecule has 4 heteroatoms. The Morgan fingerprint density at radius 2 is 2.44 bits per heavy atom. The van der Waals surface area contributed by atoms with E-state index < -0.39 is 18.7 Å². The van der Waals surface area contributed by atoms with E-state index >= 15 is 0 Å². The average Bonchev–Trinajstić information content (AvgIpc) is 1.83. The smallest absolute Gasteiger partial charge is 0.302 e. The number of hydrogen-bond donors (Lipinski definition) is 1. The van der Waals surface area contributed by atoms with Crippen LogP contribution in [0.2, 0.25) is 0 Å². The fraction of sp³-hybridized carbons (Fsp3) is 0.800. The van der Waals surface area contributed by atoms with Crippen LogP contribution in [0.25, 0.3) is 0 Å². The minimum Gasteiger partial charge on any atom is -0.463 e. The number of hydrogen-bond acceptors (Lipinski definition) is 3. The van der Waals surface area contributed by atoms with Crippen molar-refractivity contribution >= 4 is 5.97 Å². The van der Waals surface area contributed by atoms with Crippen molar-refractivity contribution < 1.29 is 19.0 Å². The highest BCUT2D eigenvalue weighted by molar-refractivity contribution is 5.65. The minimum absolute atomic E-state index is 0.258. The normalized spacial score (nSPS) is 12.8. The lowest BCUT2D eigenvalue weighted by molar-refractivity contribution is -0.144. The van der Waals surface area contributed by atoms with E-state index in [2.05, 4.69) is 4.74 Å². The fourth-order valence-corrected chi connectivity index (χ4v) is 0.258. The molecule has 0 aromatic heterocycles. The monoisotopic (exact) mass is 136 g/mol. The Hall–Kier alpha value is -0.640. The van der Waals surface area contributed by atoms with Crippen LogP contribution in [0.3, 0.4) is 0 Å². The zero-order chi connectivity index (χ0) is 7.28. The third kappa shape index (κ3) is 5.23. The number of aliphatic hydroxyl groups is 1. The second-order valence-electron chi connectivity index (χ2n) is 1.61. The summed E-state index contributed by atoms with van der Waals surface area (Å²) < 4.78 is 15.7. The van der Waals surface area contributed by atoms with E-state index in [4.69, 9.17) is 5.11 Å². The lowest BCUT2D eigenvalue weighted by Crippen LogP contribution is -2.18. The van der Waals surface area contributed by atoms with Gasteiger partial charge in [-0.05, 0) is 0 Å². The second kappa shape index (κ2) is 4.26. The van der Waals surface area contributed by atoms with Gasteiger partial charge in [-0.15, -0.1) is 0 Å². The van der Waals surface area contributed by atoms with Crippen molar-refractivity contribution in [1.29, 1.82) is 0 Å². The van der Waals surface area contributed by atoms with Crippen molar-refractivity contribution in [3.63, 3.8) is 0 Å². The van der Waals surface area contributed by atoms with Gasteiger partial charge in [0.15, 0.2) is 0 Å². The molecule has 0 spiro atoms. The number of rotatable bonds is 3. The number of aliphatic hydroxyl groups excluding tert-OH is 1. The van der Waals surface area contributed by atoms with Gasteiger partial charge in [0.2, 0.25) is 0 Å². The Kier molecular flexibility index (Phi) is 3.96. The van der Waals surface area contributed by atoms with Gasteiger partial charge >= 0.3 is 5.97 Å². The Bertz CT molecular complexity index is 94.2. The molecule has 0 aromatic carbocycles. The first-order valence-electron chi connectivity index (χ1n) is 2.54. The van der Waals surface area contributed by atoms with Crippen LogP contribution in [0, 0.1) is 0 Å². The Balaban J connectivity index is 3.16. The third-order valence-electron chi connectivity index (χ3n) is 0.657. The van der Waals surface area contributed by atoms with Gasteiger partial charge in [-0.1, -0.05) is 0 Å². The third-order valence-corrected chi connectivity index (χ3v) is 0.657. The molecule has 0 rings (SSSR count). The number of halogens is 1. The fourth-order valence-electron chi connectivity index (χ4n) is 0.258. The van der Waals surface area contributed by atoms with Crippen LogP contribution in [0.1, 0.15) is 6.92 Å². The largest absolute Gasteiger partial charge is 0.463 e. The topological polar surface area (TPSA) is 46.5 Å². The molecule has 54 valence electrons. The number of carbonyl (C=O) groups excluding carboxylic acids is 1. The lowest BCUT2D eigenvalue weighted by Gasteiger charge is -2.03. The van der Waals surface area contributed by atoms with Gasteiger partial charge in [-0.2, -0.15) is 0 Å². The Labute approximate surface area is 52.4 Å². The van der Waals surface area contributed by atoms with Gasteiger partial charge in [-0.3, -0.25) is 4.79 Å². The second-order valence-corrected chi connectivity index (χ2v) is 1.61. The summed E-state index contributed by atoms with van der Waals surface area (Å²) >= 11 is 0. The van der Waals surface area contributed by atoms with Crippen molar-refractivity contribution in [2.24, 2.45) is 0 Å². The van der Waals surface area contributed by atoms with Gasteiger partial charge in [0.1, 0.15) is 19.4 Å². The molecule has 0 aliphatic heterocycles. The maximum atomic E-state index is 11.4. The molecule has 0 aliphatic rings. The molecule has 0 fully saturated rings. The van der Waals surface area contributed by atoms with E-state index in [1.165, 1.54) is 6.92 Å². The van der Waals surface area contributed by atoms with Crippen molar-refractivity contribution in [1.82, 2.24) is 0 Å². The molecule has 1 N–H and O–H groups in total. The SMILES string of the molecule is CC(=O)OCC(O)CF. The molecule has 3 nitrogen and oxygen atoms in total. The summed E-state index contributed by atoms with van der Waals surface area (Å²) in [6.45, 7) is 0.0596. The molecule has 1 atom stereocenters. The molecule has 0 aromatic rings. The van der Waals surface area contributed by atoms with E-state index in [1.807, 2.05) is 0 Å². The summed E-state index contributed by atoms with van der Waals surface area (Å²) in [6, 6.07) is 0. The van der Waals surface area contributed by atoms with Gasteiger partial charge in [0.25, 0.3) is 0 Å². The van der Waals surface area contributed by atoms with Crippen LogP contribution >= 0.6 is 0 Å². The molecular formula is C5H9FO3. The first kappa shape index (κ1) is 8.36. The zero-order valence-corrected chi connectivity index (χ0v) is 5.13. The van der Waals surface area contributed by atoms with Crippen molar-refractivity contribution in [3.05, 3.63) is 0 Å². The summed E-state index contributed by atoms with van der Waals surface area (Å²) in [4.78, 5) is 10.0. The van der Waals surface area contributed by atoms with E-state index in [-0.39, 0.29) is 6.61 Å². The highest BCUT2D eigenvalue weighted by Crippen LogP contribution is 1.85.